The minimum absolute atomic E-state index is 0.0119. The van der Waals surface area contributed by atoms with Crippen LogP contribution in [0.25, 0.3) is 0 Å². The average molecular weight is 552 g/mol. The highest BCUT2D eigenvalue weighted by Crippen LogP contribution is 2.22. The van der Waals surface area contributed by atoms with E-state index < -0.39 is 16.1 Å². The molecule has 37 heavy (non-hydrogen) atoms. The Hall–Kier alpha value is -2.78. The summed E-state index contributed by atoms with van der Waals surface area (Å²) in [6.07, 6.45) is 2.73. The molecule has 0 heterocycles. The third-order valence-corrected chi connectivity index (χ3v) is 7.61. The lowest BCUT2D eigenvalue weighted by molar-refractivity contribution is -0.141. The van der Waals surface area contributed by atoms with Crippen LogP contribution in [0.2, 0.25) is 5.02 Å². The normalized spacial score (nSPS) is 12.9. The first-order valence-corrected chi connectivity index (χ1v) is 14.7. The van der Waals surface area contributed by atoms with Crippen molar-refractivity contribution in [1.29, 1.82) is 0 Å². The number of amides is 2. The van der Waals surface area contributed by atoms with Gasteiger partial charge in [0.15, 0.2) is 0 Å². The molecule has 2 unspecified atom stereocenters. The molecule has 0 aliphatic rings. The van der Waals surface area contributed by atoms with Gasteiger partial charge in [-0.1, -0.05) is 37.6 Å². The maximum atomic E-state index is 13.5. The summed E-state index contributed by atoms with van der Waals surface area (Å²) in [6.45, 7) is 6.17. The van der Waals surface area contributed by atoms with Gasteiger partial charge < -0.3 is 15.0 Å². The Balaban J connectivity index is 2.22. The first-order chi connectivity index (χ1) is 17.5. The molecule has 0 aromatic heterocycles. The largest absolute Gasteiger partial charge is 0.497 e. The first kappa shape index (κ1) is 30.4. The summed E-state index contributed by atoms with van der Waals surface area (Å²) >= 11 is 5.95. The van der Waals surface area contributed by atoms with Gasteiger partial charge in [-0.3, -0.25) is 13.9 Å². The van der Waals surface area contributed by atoms with Crippen molar-refractivity contribution in [3.63, 3.8) is 0 Å². The highest BCUT2D eigenvalue weighted by Gasteiger charge is 2.29. The molecule has 0 aliphatic carbocycles. The van der Waals surface area contributed by atoms with Crippen LogP contribution in [-0.4, -0.2) is 57.1 Å². The van der Waals surface area contributed by atoms with E-state index in [9.17, 15) is 18.0 Å². The fourth-order valence-electron chi connectivity index (χ4n) is 3.90. The van der Waals surface area contributed by atoms with Crippen LogP contribution in [0.5, 0.6) is 5.75 Å². The number of anilines is 1. The summed E-state index contributed by atoms with van der Waals surface area (Å²) in [7, 11) is -1.98. The predicted octanol–water partition coefficient (Wildman–Crippen LogP) is 4.62. The zero-order valence-electron chi connectivity index (χ0n) is 22.2. The lowest BCUT2D eigenvalue weighted by atomic mass is 10.1. The lowest BCUT2D eigenvalue weighted by Gasteiger charge is -2.32. The summed E-state index contributed by atoms with van der Waals surface area (Å²) in [4.78, 5) is 28.2. The van der Waals surface area contributed by atoms with E-state index in [2.05, 4.69) is 5.32 Å². The maximum absolute atomic E-state index is 13.5. The molecule has 0 saturated heterocycles. The Bertz CT molecular complexity index is 1120. The average Bonchev–Trinajstić information content (AvgIpc) is 2.86. The van der Waals surface area contributed by atoms with Crippen molar-refractivity contribution in [3.8, 4) is 5.75 Å². The second-order valence-electron chi connectivity index (χ2n) is 9.03. The lowest BCUT2D eigenvalue weighted by Crippen LogP contribution is -2.50. The fourth-order valence-corrected chi connectivity index (χ4v) is 4.99. The molecule has 0 spiro atoms. The molecule has 10 heteroatoms. The summed E-state index contributed by atoms with van der Waals surface area (Å²) in [5.74, 6) is 0.287. The van der Waals surface area contributed by atoms with Gasteiger partial charge in [0.05, 0.1) is 19.1 Å². The zero-order valence-corrected chi connectivity index (χ0v) is 23.8. The smallest absolute Gasteiger partial charge is 0.243 e. The van der Waals surface area contributed by atoms with Gasteiger partial charge in [0.25, 0.3) is 0 Å². The third kappa shape index (κ3) is 9.23. The fraction of sp³-hybridized carbons (Fsp3) is 0.481. The van der Waals surface area contributed by atoms with Crippen LogP contribution in [0, 0.1) is 0 Å². The van der Waals surface area contributed by atoms with Crippen molar-refractivity contribution in [2.75, 3.05) is 24.2 Å². The molecule has 204 valence electrons. The summed E-state index contributed by atoms with van der Waals surface area (Å²) in [5.41, 5.74) is 1.34. The van der Waals surface area contributed by atoms with Gasteiger partial charge in [-0.2, -0.15) is 0 Å². The Morgan fingerprint density at radius 1 is 1.03 bits per heavy atom. The highest BCUT2D eigenvalue weighted by molar-refractivity contribution is 7.92. The van der Waals surface area contributed by atoms with Gasteiger partial charge in [0, 0.05) is 30.6 Å². The number of ether oxygens (including phenoxy) is 1. The number of hydrogen-bond donors (Lipinski definition) is 1. The van der Waals surface area contributed by atoms with Gasteiger partial charge in [0.1, 0.15) is 11.8 Å². The Morgan fingerprint density at radius 3 is 2.16 bits per heavy atom. The number of carbonyl (C=O) groups excluding carboxylic acids is 2. The second kappa shape index (κ2) is 14.2. The zero-order chi connectivity index (χ0) is 27.6. The van der Waals surface area contributed by atoms with Crippen LogP contribution in [-0.2, 0) is 26.2 Å². The monoisotopic (exact) mass is 551 g/mol. The molecule has 0 fully saturated rings. The van der Waals surface area contributed by atoms with Crippen LogP contribution in [0.3, 0.4) is 0 Å². The SMILES string of the molecule is CCC(C)NC(=O)C(CC)N(Cc1ccc(OC)cc1)C(=O)CCCN(c1ccc(Cl)cc1)S(C)(=O)=O. The Labute approximate surface area is 226 Å². The van der Waals surface area contributed by atoms with Crippen LogP contribution in [0.4, 0.5) is 5.69 Å². The molecule has 0 bridgehead atoms. The first-order valence-electron chi connectivity index (χ1n) is 12.5. The van der Waals surface area contributed by atoms with E-state index in [1.807, 2.05) is 45.0 Å². The Kier molecular flexibility index (Phi) is 11.7. The van der Waals surface area contributed by atoms with Gasteiger partial charge in [-0.05, 0) is 68.1 Å². The van der Waals surface area contributed by atoms with Crippen LogP contribution in [0.15, 0.2) is 48.5 Å². The van der Waals surface area contributed by atoms with Crippen LogP contribution < -0.4 is 14.4 Å². The molecule has 0 aliphatic heterocycles. The van der Waals surface area contributed by atoms with E-state index in [4.69, 9.17) is 16.3 Å². The number of rotatable bonds is 14. The van der Waals surface area contributed by atoms with Crippen LogP contribution >= 0.6 is 11.6 Å². The highest BCUT2D eigenvalue weighted by atomic mass is 35.5. The van der Waals surface area contributed by atoms with Gasteiger partial charge in [-0.25, -0.2) is 8.42 Å². The van der Waals surface area contributed by atoms with Crippen molar-refractivity contribution in [3.05, 3.63) is 59.1 Å². The number of sulfonamides is 1. The summed E-state index contributed by atoms with van der Waals surface area (Å²) in [5, 5.41) is 3.49. The second-order valence-corrected chi connectivity index (χ2v) is 11.4. The molecular formula is C27H38ClN3O5S. The number of nitrogens with one attached hydrogen (secondary N) is 1. The van der Waals surface area contributed by atoms with E-state index in [0.717, 1.165) is 18.2 Å². The minimum Gasteiger partial charge on any atom is -0.497 e. The van der Waals surface area contributed by atoms with Crippen molar-refractivity contribution in [2.24, 2.45) is 0 Å². The molecule has 8 nitrogen and oxygen atoms in total. The minimum atomic E-state index is -3.57. The van der Waals surface area contributed by atoms with Gasteiger partial charge >= 0.3 is 0 Å². The van der Waals surface area contributed by atoms with Crippen molar-refractivity contribution in [2.45, 2.75) is 65.1 Å². The van der Waals surface area contributed by atoms with E-state index in [0.29, 0.717) is 22.9 Å². The molecule has 1 N–H and O–H groups in total. The molecular weight excluding hydrogens is 514 g/mol. The molecule has 2 atom stereocenters. The molecule has 2 amide bonds. The number of carbonyl (C=O) groups is 2. The number of hydrogen-bond acceptors (Lipinski definition) is 5. The number of nitrogens with zero attached hydrogens (tertiary/aromatic N) is 2. The third-order valence-electron chi connectivity index (χ3n) is 6.17. The topological polar surface area (TPSA) is 96.0 Å². The van der Waals surface area contributed by atoms with Crippen molar-refractivity contribution in [1.82, 2.24) is 10.2 Å². The summed E-state index contributed by atoms with van der Waals surface area (Å²) < 4.78 is 31.3. The summed E-state index contributed by atoms with van der Waals surface area (Å²) in [6, 6.07) is 13.2. The maximum Gasteiger partial charge on any atom is 0.243 e. The van der Waals surface area contributed by atoms with Crippen LogP contribution in [0.1, 0.15) is 52.0 Å². The van der Waals surface area contributed by atoms with E-state index in [-0.39, 0.29) is 43.8 Å². The van der Waals surface area contributed by atoms with Crippen molar-refractivity contribution < 1.29 is 22.7 Å². The molecule has 2 aromatic carbocycles. The van der Waals surface area contributed by atoms with Gasteiger partial charge in [0.2, 0.25) is 21.8 Å². The standard InChI is InChI=1S/C27H38ClN3O5S/c1-6-20(3)29-27(33)25(7-2)30(19-21-10-16-24(36-4)17-11-21)26(32)9-8-18-31(37(5,34)35)23-14-12-22(28)13-15-23/h10-17,20,25H,6-9,18-19H2,1-5H3,(H,29,33). The van der Waals surface area contributed by atoms with E-state index >= 15 is 0 Å². The number of methoxy groups -OCH3 is 1. The predicted molar refractivity (Wildman–Crippen MR) is 148 cm³/mol. The van der Waals surface area contributed by atoms with Gasteiger partial charge in [-0.15, -0.1) is 0 Å². The number of halogens is 1. The quantitative estimate of drug-likeness (QED) is 0.370. The molecule has 0 saturated carbocycles. The molecule has 2 rings (SSSR count). The van der Waals surface area contributed by atoms with Crippen molar-refractivity contribution >= 4 is 39.1 Å². The van der Waals surface area contributed by atoms with E-state index in [1.165, 1.54) is 4.31 Å². The molecule has 2 aromatic rings. The molecule has 0 radical (unpaired) electrons. The Morgan fingerprint density at radius 2 is 1.65 bits per heavy atom. The van der Waals surface area contributed by atoms with E-state index in [1.54, 1.807) is 36.3 Å². The number of benzene rings is 2.